The number of rotatable bonds is 4. The third-order valence-corrected chi connectivity index (χ3v) is 5.66. The van der Waals surface area contributed by atoms with Crippen LogP contribution in [-0.4, -0.2) is 44.1 Å². The van der Waals surface area contributed by atoms with Crippen LogP contribution >= 0.6 is 0 Å². The van der Waals surface area contributed by atoms with Gasteiger partial charge in [0.2, 0.25) is 5.89 Å². The van der Waals surface area contributed by atoms with E-state index in [0.717, 1.165) is 23.7 Å². The maximum Gasteiger partial charge on any atom is 0.276 e. The summed E-state index contributed by atoms with van der Waals surface area (Å²) in [5.41, 5.74) is 1.07. The standard InChI is InChI=1S/C21H21N3O4/c25-16-9-14-6-7-15(10-16)24(14)21(26)17-11-28-19(23-17)12-27-18-5-1-3-13-4-2-8-22-20(13)18/h1-5,8,11,14-16,25H,6-7,9-10,12H2/t14-,15+,16?. The van der Waals surface area contributed by atoms with Gasteiger partial charge >= 0.3 is 0 Å². The Morgan fingerprint density at radius 3 is 2.82 bits per heavy atom. The van der Waals surface area contributed by atoms with Gasteiger partial charge < -0.3 is 19.2 Å². The smallest absolute Gasteiger partial charge is 0.276 e. The van der Waals surface area contributed by atoms with Crippen LogP contribution in [-0.2, 0) is 6.61 Å². The number of carbonyl (C=O) groups is 1. The number of hydrogen-bond acceptors (Lipinski definition) is 6. The van der Waals surface area contributed by atoms with Gasteiger partial charge in [-0.2, -0.15) is 0 Å². The molecule has 1 aromatic carbocycles. The van der Waals surface area contributed by atoms with Crippen LogP contribution in [0.2, 0.25) is 0 Å². The van der Waals surface area contributed by atoms with E-state index in [2.05, 4.69) is 9.97 Å². The molecule has 1 N–H and O–H groups in total. The van der Waals surface area contributed by atoms with Crippen molar-refractivity contribution >= 4 is 16.8 Å². The zero-order chi connectivity index (χ0) is 19.1. The molecule has 4 heterocycles. The minimum Gasteiger partial charge on any atom is -0.482 e. The fourth-order valence-corrected chi connectivity index (χ4v) is 4.42. The molecule has 2 aliphatic heterocycles. The predicted molar refractivity (Wildman–Crippen MR) is 101 cm³/mol. The SMILES string of the molecule is O=C(c1coc(COc2cccc3cccnc23)n1)N1[C@@H]2CC[C@H]1CC(O)C2. The zero-order valence-electron chi connectivity index (χ0n) is 15.3. The highest BCUT2D eigenvalue weighted by atomic mass is 16.5. The summed E-state index contributed by atoms with van der Waals surface area (Å²) in [4.78, 5) is 23.5. The Morgan fingerprint density at radius 1 is 1.21 bits per heavy atom. The van der Waals surface area contributed by atoms with Crippen LogP contribution < -0.4 is 4.74 Å². The lowest BCUT2D eigenvalue weighted by Crippen LogP contribution is -2.48. The molecule has 7 nitrogen and oxygen atoms in total. The van der Waals surface area contributed by atoms with Gasteiger partial charge in [-0.05, 0) is 37.8 Å². The first-order chi connectivity index (χ1) is 13.7. The second kappa shape index (κ2) is 6.91. The van der Waals surface area contributed by atoms with Gasteiger partial charge in [-0.15, -0.1) is 0 Å². The van der Waals surface area contributed by atoms with Gasteiger partial charge in [0.25, 0.3) is 5.91 Å². The van der Waals surface area contributed by atoms with Crippen LogP contribution in [0.4, 0.5) is 0 Å². The minimum atomic E-state index is -0.308. The summed E-state index contributed by atoms with van der Waals surface area (Å²) in [7, 11) is 0. The molecule has 0 saturated carbocycles. The van der Waals surface area contributed by atoms with E-state index in [9.17, 15) is 9.90 Å². The maximum atomic E-state index is 12.9. The lowest BCUT2D eigenvalue weighted by Gasteiger charge is -2.36. The Morgan fingerprint density at radius 2 is 2.00 bits per heavy atom. The molecular weight excluding hydrogens is 358 g/mol. The Bertz CT molecular complexity index is 998. The predicted octanol–water partition coefficient (Wildman–Crippen LogP) is 2.93. The Labute approximate surface area is 162 Å². The van der Waals surface area contributed by atoms with Crippen molar-refractivity contribution in [1.82, 2.24) is 14.9 Å². The number of pyridine rings is 1. The summed E-state index contributed by atoms with van der Waals surface area (Å²) in [5, 5.41) is 10.9. The number of para-hydroxylation sites is 1. The second-order valence-electron chi connectivity index (χ2n) is 7.47. The number of ether oxygens (including phenoxy) is 1. The molecule has 1 amide bonds. The van der Waals surface area contributed by atoms with Crippen LogP contribution in [0, 0.1) is 0 Å². The average molecular weight is 379 g/mol. The molecule has 2 bridgehead atoms. The minimum absolute atomic E-state index is 0.0967. The van der Waals surface area contributed by atoms with Crippen LogP contribution in [0.5, 0.6) is 5.75 Å². The van der Waals surface area contributed by atoms with E-state index in [1.54, 1.807) is 6.20 Å². The van der Waals surface area contributed by atoms with E-state index in [0.29, 0.717) is 30.2 Å². The van der Waals surface area contributed by atoms with E-state index in [-0.39, 0.29) is 30.7 Å². The number of benzene rings is 1. The van der Waals surface area contributed by atoms with Crippen LogP contribution in [0.1, 0.15) is 42.1 Å². The normalized spacial score (nSPS) is 23.9. The number of aliphatic hydroxyl groups excluding tert-OH is 1. The molecule has 2 aromatic heterocycles. The summed E-state index contributed by atoms with van der Waals surface area (Å²) in [6.45, 7) is 0.120. The van der Waals surface area contributed by atoms with Crippen molar-refractivity contribution in [3.05, 3.63) is 54.4 Å². The lowest BCUT2D eigenvalue weighted by molar-refractivity contribution is 0.0282. The van der Waals surface area contributed by atoms with Gasteiger partial charge in [0.1, 0.15) is 17.5 Å². The van der Waals surface area contributed by atoms with Crippen molar-refractivity contribution in [1.29, 1.82) is 0 Å². The molecule has 0 radical (unpaired) electrons. The molecule has 2 aliphatic rings. The molecule has 7 heteroatoms. The Balaban J connectivity index is 1.29. The number of aromatic nitrogens is 2. The molecule has 28 heavy (non-hydrogen) atoms. The summed E-state index contributed by atoms with van der Waals surface area (Å²) >= 11 is 0. The molecule has 3 atom stereocenters. The van der Waals surface area contributed by atoms with Gasteiger partial charge in [0.15, 0.2) is 12.3 Å². The second-order valence-corrected chi connectivity index (χ2v) is 7.47. The number of aliphatic hydroxyl groups is 1. The van der Waals surface area contributed by atoms with Gasteiger partial charge in [-0.3, -0.25) is 9.78 Å². The number of piperidine rings is 1. The summed E-state index contributed by atoms with van der Waals surface area (Å²) in [6.07, 6.45) is 5.98. The van der Waals surface area contributed by atoms with E-state index in [1.807, 2.05) is 35.2 Å². The molecule has 5 rings (SSSR count). The molecule has 1 unspecified atom stereocenters. The molecule has 0 spiro atoms. The number of nitrogens with zero attached hydrogens (tertiary/aromatic N) is 3. The van der Waals surface area contributed by atoms with Crippen molar-refractivity contribution < 1.29 is 19.1 Å². The molecule has 144 valence electrons. The number of hydrogen-bond donors (Lipinski definition) is 1. The van der Waals surface area contributed by atoms with Crippen LogP contribution in [0.3, 0.4) is 0 Å². The van der Waals surface area contributed by atoms with E-state index < -0.39 is 0 Å². The average Bonchev–Trinajstić information content (AvgIpc) is 3.29. The lowest BCUT2D eigenvalue weighted by atomic mass is 9.99. The fourth-order valence-electron chi connectivity index (χ4n) is 4.42. The topological polar surface area (TPSA) is 88.7 Å². The highest BCUT2D eigenvalue weighted by molar-refractivity contribution is 5.92. The summed E-state index contributed by atoms with van der Waals surface area (Å²) < 4.78 is 11.3. The molecule has 0 aliphatic carbocycles. The van der Waals surface area contributed by atoms with Gasteiger partial charge in [0, 0.05) is 23.7 Å². The highest BCUT2D eigenvalue weighted by Crippen LogP contribution is 2.36. The monoisotopic (exact) mass is 379 g/mol. The first-order valence-corrected chi connectivity index (χ1v) is 9.61. The van der Waals surface area contributed by atoms with Crippen molar-refractivity contribution in [3.63, 3.8) is 0 Å². The van der Waals surface area contributed by atoms with Crippen molar-refractivity contribution in [2.45, 2.75) is 50.5 Å². The molecule has 2 fully saturated rings. The largest absolute Gasteiger partial charge is 0.482 e. The number of amides is 1. The van der Waals surface area contributed by atoms with Gasteiger partial charge in [-0.1, -0.05) is 18.2 Å². The van der Waals surface area contributed by atoms with Crippen molar-refractivity contribution in [3.8, 4) is 5.75 Å². The maximum absolute atomic E-state index is 12.9. The molecule has 2 saturated heterocycles. The van der Waals surface area contributed by atoms with Crippen LogP contribution in [0.15, 0.2) is 47.2 Å². The molecule has 3 aromatic rings. The van der Waals surface area contributed by atoms with Crippen LogP contribution in [0.25, 0.3) is 10.9 Å². The third-order valence-electron chi connectivity index (χ3n) is 5.66. The summed E-state index contributed by atoms with van der Waals surface area (Å²) in [6, 6.07) is 9.77. The summed E-state index contributed by atoms with van der Waals surface area (Å²) in [5.74, 6) is 0.870. The van der Waals surface area contributed by atoms with E-state index in [4.69, 9.17) is 9.15 Å². The fraction of sp³-hybridized carbons (Fsp3) is 0.381. The Hall–Kier alpha value is -2.93. The first-order valence-electron chi connectivity index (χ1n) is 9.61. The van der Waals surface area contributed by atoms with Crippen molar-refractivity contribution in [2.24, 2.45) is 0 Å². The number of fused-ring (bicyclic) bond motifs is 3. The highest BCUT2D eigenvalue weighted by Gasteiger charge is 2.43. The van der Waals surface area contributed by atoms with Gasteiger partial charge in [0.05, 0.1) is 6.10 Å². The third kappa shape index (κ3) is 3.01. The first kappa shape index (κ1) is 17.2. The zero-order valence-corrected chi connectivity index (χ0v) is 15.3. The van der Waals surface area contributed by atoms with E-state index in [1.165, 1.54) is 6.26 Å². The number of oxazole rings is 1. The molecular formula is C21H21N3O4. The Kier molecular flexibility index (Phi) is 4.24. The van der Waals surface area contributed by atoms with E-state index >= 15 is 0 Å². The quantitative estimate of drug-likeness (QED) is 0.750. The number of carbonyl (C=O) groups excluding carboxylic acids is 1. The van der Waals surface area contributed by atoms with Gasteiger partial charge in [-0.25, -0.2) is 4.98 Å². The van der Waals surface area contributed by atoms with Crippen molar-refractivity contribution in [2.75, 3.05) is 0 Å².